The Morgan fingerprint density at radius 1 is 2.50 bits per heavy atom. The summed E-state index contributed by atoms with van der Waals surface area (Å²) in [7, 11) is -0.176. The Labute approximate surface area is 34.3 Å². The van der Waals surface area contributed by atoms with E-state index in [0.717, 1.165) is 0 Å². The molecule has 0 spiro atoms. The van der Waals surface area contributed by atoms with Crippen molar-refractivity contribution in [2.24, 2.45) is 0 Å². The van der Waals surface area contributed by atoms with Crippen molar-refractivity contribution in [3.05, 3.63) is 0 Å². The van der Waals surface area contributed by atoms with Crippen molar-refractivity contribution in [1.29, 1.82) is 1.34 Å². The third-order valence-corrected chi connectivity index (χ3v) is 0.408. The normalized spacial score (nSPS) is 7.75. The van der Waals surface area contributed by atoms with Crippen LogP contribution in [-0.4, -0.2) is 14.5 Å². The number of hydrogen-bond acceptors (Lipinski definition) is 1. The van der Waals surface area contributed by atoms with Crippen LogP contribution in [0.1, 0.15) is 0 Å². The first kappa shape index (κ1) is 2.58. The van der Waals surface area contributed by atoms with Gasteiger partial charge < -0.3 is 0 Å². The molecule has 0 aromatic rings. The van der Waals surface area contributed by atoms with Crippen LogP contribution < -0.4 is 0 Å². The summed E-state index contributed by atoms with van der Waals surface area (Å²) in [4.78, 5) is 0. The van der Waals surface area contributed by atoms with Crippen LogP contribution in [-0.2, 0) is 0 Å². The molecule has 0 bridgehead atoms. The molecule has 0 radical (unpaired) electrons. The van der Waals surface area contributed by atoms with Crippen LogP contribution in [0.5, 0.6) is 0 Å². The van der Waals surface area contributed by atoms with E-state index in [1.54, 1.807) is 6.82 Å². The van der Waals surface area contributed by atoms with Crippen LogP contribution in [0.2, 0.25) is 6.82 Å². The molecule has 4 heavy (non-hydrogen) atoms. The van der Waals surface area contributed by atoms with Crippen molar-refractivity contribution in [2.75, 3.05) is 0 Å². The molecule has 0 aliphatic carbocycles. The number of hydrogen-bond donors (Lipinski definition) is 0. The van der Waals surface area contributed by atoms with Gasteiger partial charge in [0.1, 0.15) is 0 Å². The second-order valence-corrected chi connectivity index (χ2v) is 0.742. The topological polar surface area (TPSA) is 0 Å². The quantitative estimate of drug-likeness (QED) is 0.398. The standard InChI is InChI=1S/CH4B2S/c1-2-3-4/h2H,1H3/i2D. The molecular formula is CH4B2S. The molecule has 0 N–H and O–H groups in total. The first-order valence-electron chi connectivity index (χ1n) is 1.72. The van der Waals surface area contributed by atoms with Crippen molar-refractivity contribution in [3.8, 4) is 0 Å². The van der Waals surface area contributed by atoms with E-state index < -0.39 is 0 Å². The van der Waals surface area contributed by atoms with Crippen LogP contribution in [0, 0.1) is 0 Å². The fraction of sp³-hybridized carbons (Fsp3) is 1.00. The van der Waals surface area contributed by atoms with E-state index in [4.69, 9.17) is 1.34 Å². The van der Waals surface area contributed by atoms with Gasteiger partial charge in [-0.25, -0.2) is 0 Å². The molecule has 0 rings (SSSR count). The fourth-order valence-electron chi connectivity index (χ4n) is 0. The molecule has 0 amide bonds. The zero-order valence-corrected chi connectivity index (χ0v) is 3.38. The van der Waals surface area contributed by atoms with Gasteiger partial charge in [-0.3, -0.25) is 0 Å². The summed E-state index contributed by atoms with van der Waals surface area (Å²) in [6.07, 6.45) is 0. The van der Waals surface area contributed by atoms with E-state index in [2.05, 4.69) is 12.1 Å². The minimum atomic E-state index is -0.176. The first-order valence-corrected chi connectivity index (χ1v) is 1.62. The van der Waals surface area contributed by atoms with E-state index in [0.29, 0.717) is 0 Å². The van der Waals surface area contributed by atoms with Gasteiger partial charge in [-0.2, -0.15) is 0 Å². The van der Waals surface area contributed by atoms with Crippen molar-refractivity contribution >= 4 is 25.2 Å². The van der Waals surface area contributed by atoms with Gasteiger partial charge >= 0.3 is 33.4 Å². The maximum atomic E-state index is 6.67. The molecule has 0 saturated heterocycles. The zero-order valence-electron chi connectivity index (χ0n) is 3.56. The fourth-order valence-corrected chi connectivity index (χ4v) is 0. The SMILES string of the molecule is [2H]B(C)B=S. The van der Waals surface area contributed by atoms with E-state index in [1.165, 1.54) is 6.05 Å². The Kier molecular flexibility index (Phi) is 2.16. The average molecular weight is 70.7 g/mol. The van der Waals surface area contributed by atoms with Gasteiger partial charge in [0.2, 0.25) is 0 Å². The maximum absolute atomic E-state index is 6.67. The predicted octanol–water partition coefficient (Wildman–Crippen LogP) is 0.203. The van der Waals surface area contributed by atoms with Gasteiger partial charge in [0.05, 0.1) is 0 Å². The second-order valence-electron chi connectivity index (χ2n) is 0.469. The molecule has 0 heterocycles. The molecule has 0 aromatic heterocycles. The van der Waals surface area contributed by atoms with Gasteiger partial charge in [0.15, 0.2) is 0 Å². The molecule has 0 aromatic carbocycles. The number of rotatable bonds is 1. The predicted molar refractivity (Wildman–Crippen MR) is 26.4 cm³/mol. The Bertz CT molecular complexity index is 36.6. The van der Waals surface area contributed by atoms with E-state index in [9.17, 15) is 0 Å². The Hall–Kier alpha value is 0.350. The van der Waals surface area contributed by atoms with Crippen LogP contribution >= 0.6 is 12.1 Å². The third-order valence-electron chi connectivity index (χ3n) is 0.136. The van der Waals surface area contributed by atoms with Crippen molar-refractivity contribution in [1.82, 2.24) is 0 Å². The van der Waals surface area contributed by atoms with Crippen LogP contribution in [0.4, 0.5) is 0 Å². The molecule has 20 valence electrons. The summed E-state index contributed by atoms with van der Waals surface area (Å²) in [5.74, 6) is 0. The van der Waals surface area contributed by atoms with E-state index in [1.807, 2.05) is 0 Å². The Balaban J connectivity index is 2.83. The van der Waals surface area contributed by atoms with Gasteiger partial charge in [-0.15, -0.1) is 0 Å². The minimum absolute atomic E-state index is 0.176. The van der Waals surface area contributed by atoms with Gasteiger partial charge in [-0.1, -0.05) is 0 Å². The van der Waals surface area contributed by atoms with Crippen LogP contribution in [0.3, 0.4) is 0 Å². The summed E-state index contributed by atoms with van der Waals surface area (Å²) in [5, 5.41) is 0. The molecule has 0 nitrogen and oxygen atoms in total. The van der Waals surface area contributed by atoms with Crippen molar-refractivity contribution < 1.29 is 0 Å². The first-order chi connectivity index (χ1) is 2.27. The molecule has 0 aliphatic rings. The molecule has 0 atom stereocenters. The molecule has 0 aliphatic heterocycles. The van der Waals surface area contributed by atoms with Gasteiger partial charge in [-0.05, 0) is 0 Å². The summed E-state index contributed by atoms with van der Waals surface area (Å²) >= 11 is 4.36. The van der Waals surface area contributed by atoms with Crippen molar-refractivity contribution in [2.45, 2.75) is 6.82 Å². The Morgan fingerprint density at radius 3 is 2.75 bits per heavy atom. The van der Waals surface area contributed by atoms with Crippen molar-refractivity contribution in [3.63, 3.8) is 0 Å². The zero-order chi connectivity index (χ0) is 4.28. The summed E-state index contributed by atoms with van der Waals surface area (Å²) < 4.78 is 6.67. The van der Waals surface area contributed by atoms with E-state index >= 15 is 0 Å². The summed E-state index contributed by atoms with van der Waals surface area (Å²) in [5.41, 5.74) is 0. The molecule has 0 unspecified atom stereocenters. The summed E-state index contributed by atoms with van der Waals surface area (Å²) in [6.45, 7) is 1.73. The molecular weight excluding hydrogens is 65.7 g/mol. The Morgan fingerprint density at radius 2 is 2.75 bits per heavy atom. The van der Waals surface area contributed by atoms with Crippen LogP contribution in [0.15, 0.2) is 0 Å². The monoisotopic (exact) mass is 71.0 g/mol. The molecule has 0 fully saturated rings. The van der Waals surface area contributed by atoms with Gasteiger partial charge in [0.25, 0.3) is 0 Å². The third kappa shape index (κ3) is 2.35. The second kappa shape index (κ2) is 3.35. The molecule has 0 saturated carbocycles. The van der Waals surface area contributed by atoms with Gasteiger partial charge in [0, 0.05) is 0 Å². The average Bonchev–Trinajstić information content (AvgIpc) is 1.38. The molecule has 3 heteroatoms. The summed E-state index contributed by atoms with van der Waals surface area (Å²) in [6, 6.07) is 1.42. The van der Waals surface area contributed by atoms with Crippen LogP contribution in [0.25, 0.3) is 0 Å². The van der Waals surface area contributed by atoms with E-state index in [-0.39, 0.29) is 7.13 Å².